The number of aromatic nitrogens is 2. The van der Waals surface area contributed by atoms with Crippen LogP contribution in [0, 0.1) is 11.2 Å². The van der Waals surface area contributed by atoms with Crippen LogP contribution < -0.4 is 10.6 Å². The van der Waals surface area contributed by atoms with Gasteiger partial charge in [-0.1, -0.05) is 18.2 Å². The molecular formula is C28H24FN5S. The molecular weight excluding hydrogens is 457 g/mol. The van der Waals surface area contributed by atoms with Crippen LogP contribution in [-0.4, -0.2) is 41.0 Å². The van der Waals surface area contributed by atoms with Crippen LogP contribution in [0.1, 0.15) is 5.56 Å². The summed E-state index contributed by atoms with van der Waals surface area (Å²) in [5.41, 5.74) is 8.54. The molecule has 3 aromatic carbocycles. The Morgan fingerprint density at radius 1 is 0.971 bits per heavy atom. The van der Waals surface area contributed by atoms with Gasteiger partial charge in [0.05, 0.1) is 21.2 Å². The van der Waals surface area contributed by atoms with Crippen molar-refractivity contribution in [1.82, 2.24) is 20.2 Å². The minimum absolute atomic E-state index is 0.185. The summed E-state index contributed by atoms with van der Waals surface area (Å²) in [5, 5.41) is 7.81. The summed E-state index contributed by atoms with van der Waals surface area (Å²) in [7, 11) is 0. The van der Waals surface area contributed by atoms with E-state index in [4.69, 9.17) is 0 Å². The lowest BCUT2D eigenvalue weighted by Crippen LogP contribution is -2.70. The van der Waals surface area contributed by atoms with Crippen molar-refractivity contribution in [3.8, 4) is 11.1 Å². The molecule has 5 nitrogen and oxygen atoms in total. The maximum absolute atomic E-state index is 15.2. The molecule has 0 aliphatic carbocycles. The van der Waals surface area contributed by atoms with Gasteiger partial charge in [-0.2, -0.15) is 0 Å². The largest absolute Gasteiger partial charge is 0.355 e. The number of likely N-dealkylation sites (tertiary alicyclic amines) is 1. The standard InChI is InChI=1S/C28H24FN5S/c29-23-9-18(12-34-15-28(16-34)13-30-14-28)1-4-21(23)19-2-5-24-22(10-19)25(7-8-31-24)33-20-3-6-27-26(11-20)32-17-35-27/h1-11,17,30H,12-16H2,(H,31,33). The van der Waals surface area contributed by atoms with E-state index in [1.165, 1.54) is 0 Å². The number of hydrogen-bond donors (Lipinski definition) is 2. The summed E-state index contributed by atoms with van der Waals surface area (Å²) in [5.74, 6) is -0.185. The third-order valence-corrected chi connectivity index (χ3v) is 8.03. The molecule has 5 aromatic rings. The van der Waals surface area contributed by atoms with Gasteiger partial charge in [0.1, 0.15) is 5.82 Å². The van der Waals surface area contributed by atoms with Crippen molar-refractivity contribution in [3.05, 3.63) is 83.8 Å². The second-order valence-corrected chi connectivity index (χ2v) is 10.7. The summed E-state index contributed by atoms with van der Waals surface area (Å²) in [4.78, 5) is 11.3. The zero-order valence-electron chi connectivity index (χ0n) is 19.1. The average molecular weight is 482 g/mol. The molecule has 2 fully saturated rings. The van der Waals surface area contributed by atoms with Crippen LogP contribution in [0.25, 0.3) is 32.2 Å². The molecule has 0 saturated carbocycles. The van der Waals surface area contributed by atoms with Crippen molar-refractivity contribution in [1.29, 1.82) is 0 Å². The topological polar surface area (TPSA) is 53.1 Å². The van der Waals surface area contributed by atoms with E-state index in [1.807, 2.05) is 41.9 Å². The Balaban J connectivity index is 1.16. The van der Waals surface area contributed by atoms with Crippen LogP contribution in [0.5, 0.6) is 0 Å². The predicted octanol–water partition coefficient (Wildman–Crippen LogP) is 5.80. The van der Waals surface area contributed by atoms with Gasteiger partial charge in [-0.05, 0) is 53.6 Å². The van der Waals surface area contributed by atoms with Gasteiger partial charge in [-0.15, -0.1) is 11.3 Å². The molecule has 174 valence electrons. The van der Waals surface area contributed by atoms with Gasteiger partial charge in [0.2, 0.25) is 0 Å². The van der Waals surface area contributed by atoms with E-state index in [2.05, 4.69) is 43.7 Å². The van der Waals surface area contributed by atoms with Gasteiger partial charge >= 0.3 is 0 Å². The SMILES string of the molecule is Fc1cc(CN2CC3(CNC3)C2)ccc1-c1ccc2nccc(Nc3ccc4scnc4c3)c2c1. The van der Waals surface area contributed by atoms with Crippen molar-refractivity contribution < 1.29 is 4.39 Å². The van der Waals surface area contributed by atoms with Gasteiger partial charge in [0.25, 0.3) is 0 Å². The number of thiazole rings is 1. The number of pyridine rings is 1. The lowest BCUT2D eigenvalue weighted by Gasteiger charge is -2.56. The molecule has 2 N–H and O–H groups in total. The van der Waals surface area contributed by atoms with E-state index >= 15 is 4.39 Å². The highest BCUT2D eigenvalue weighted by atomic mass is 32.1. The number of halogens is 1. The Bertz CT molecular complexity index is 1570. The van der Waals surface area contributed by atoms with Crippen molar-refractivity contribution in [2.24, 2.45) is 5.41 Å². The minimum Gasteiger partial charge on any atom is -0.355 e. The first-order chi connectivity index (χ1) is 17.1. The molecule has 4 heterocycles. The molecule has 2 saturated heterocycles. The monoisotopic (exact) mass is 481 g/mol. The van der Waals surface area contributed by atoms with Gasteiger partial charge in [-0.3, -0.25) is 9.88 Å². The van der Waals surface area contributed by atoms with Crippen LogP contribution in [-0.2, 0) is 6.54 Å². The Morgan fingerprint density at radius 3 is 2.71 bits per heavy atom. The molecule has 7 heteroatoms. The number of anilines is 2. The van der Waals surface area contributed by atoms with Crippen LogP contribution in [0.15, 0.2) is 72.4 Å². The number of rotatable bonds is 5. The molecule has 1 spiro atoms. The van der Waals surface area contributed by atoms with E-state index < -0.39 is 0 Å². The summed E-state index contributed by atoms with van der Waals surface area (Å²) in [6, 6.07) is 19.7. The molecule has 0 unspecified atom stereocenters. The predicted molar refractivity (Wildman–Crippen MR) is 141 cm³/mol. The van der Waals surface area contributed by atoms with Crippen LogP contribution in [0.2, 0.25) is 0 Å². The quantitative estimate of drug-likeness (QED) is 0.332. The third kappa shape index (κ3) is 3.76. The summed E-state index contributed by atoms with van der Waals surface area (Å²) >= 11 is 1.63. The molecule has 0 amide bonds. The minimum atomic E-state index is -0.185. The molecule has 0 radical (unpaired) electrons. The highest BCUT2D eigenvalue weighted by Crippen LogP contribution is 2.36. The second kappa shape index (κ2) is 8.09. The number of hydrogen-bond acceptors (Lipinski definition) is 6. The molecule has 35 heavy (non-hydrogen) atoms. The fourth-order valence-corrected chi connectivity index (χ4v) is 6.04. The smallest absolute Gasteiger partial charge is 0.131 e. The molecule has 2 aliphatic rings. The Kier molecular flexibility index (Phi) is 4.84. The number of nitrogens with one attached hydrogen (secondary N) is 2. The Labute approximate surface area is 206 Å². The van der Waals surface area contributed by atoms with Crippen molar-refractivity contribution in [3.63, 3.8) is 0 Å². The molecule has 2 aliphatic heterocycles. The normalized spacial score (nSPS) is 16.9. The number of benzene rings is 3. The van der Waals surface area contributed by atoms with Gasteiger partial charge < -0.3 is 10.6 Å². The van der Waals surface area contributed by atoms with Gasteiger partial charge in [0.15, 0.2) is 0 Å². The highest BCUT2D eigenvalue weighted by Gasteiger charge is 2.47. The number of nitrogens with zero attached hydrogens (tertiary/aromatic N) is 3. The second-order valence-electron chi connectivity index (χ2n) is 9.81. The lowest BCUT2D eigenvalue weighted by atomic mass is 9.74. The lowest BCUT2D eigenvalue weighted by molar-refractivity contribution is -0.0444. The van der Waals surface area contributed by atoms with E-state index in [-0.39, 0.29) is 5.82 Å². The third-order valence-electron chi connectivity index (χ3n) is 7.22. The van der Waals surface area contributed by atoms with Crippen LogP contribution >= 0.6 is 11.3 Å². The van der Waals surface area contributed by atoms with Crippen molar-refractivity contribution >= 4 is 43.8 Å². The van der Waals surface area contributed by atoms with Gasteiger partial charge in [0, 0.05) is 66.7 Å². The van der Waals surface area contributed by atoms with Crippen molar-refractivity contribution in [2.75, 3.05) is 31.5 Å². The number of fused-ring (bicyclic) bond motifs is 2. The maximum Gasteiger partial charge on any atom is 0.131 e. The Hall–Kier alpha value is -3.39. The zero-order chi connectivity index (χ0) is 23.4. The maximum atomic E-state index is 15.2. The summed E-state index contributed by atoms with van der Waals surface area (Å²) < 4.78 is 16.4. The molecule has 7 rings (SSSR count). The Morgan fingerprint density at radius 2 is 1.89 bits per heavy atom. The first-order valence-corrected chi connectivity index (χ1v) is 12.7. The summed E-state index contributed by atoms with van der Waals surface area (Å²) in [6.07, 6.45) is 1.79. The van der Waals surface area contributed by atoms with Crippen molar-refractivity contribution in [2.45, 2.75) is 6.54 Å². The molecule has 2 aromatic heterocycles. The molecule has 0 atom stereocenters. The average Bonchev–Trinajstić information content (AvgIpc) is 3.28. The summed E-state index contributed by atoms with van der Waals surface area (Å²) in [6.45, 7) is 5.24. The van der Waals surface area contributed by atoms with E-state index in [9.17, 15) is 0 Å². The fraction of sp³-hybridized carbons (Fsp3) is 0.214. The highest BCUT2D eigenvalue weighted by molar-refractivity contribution is 7.16. The van der Waals surface area contributed by atoms with Gasteiger partial charge in [-0.25, -0.2) is 9.37 Å². The van der Waals surface area contributed by atoms with E-state index in [0.717, 1.165) is 76.3 Å². The molecule has 0 bridgehead atoms. The zero-order valence-corrected chi connectivity index (χ0v) is 19.9. The first-order valence-electron chi connectivity index (χ1n) is 11.9. The fourth-order valence-electron chi connectivity index (χ4n) is 5.38. The van der Waals surface area contributed by atoms with E-state index in [0.29, 0.717) is 11.0 Å². The first kappa shape index (κ1) is 20.9. The van der Waals surface area contributed by atoms with Crippen LogP contribution in [0.4, 0.5) is 15.8 Å². The van der Waals surface area contributed by atoms with Crippen LogP contribution in [0.3, 0.4) is 0 Å². The van der Waals surface area contributed by atoms with E-state index in [1.54, 1.807) is 23.6 Å².